The van der Waals surface area contributed by atoms with E-state index in [0.717, 1.165) is 38.1 Å². The zero-order valence-electron chi connectivity index (χ0n) is 23.1. The van der Waals surface area contributed by atoms with Gasteiger partial charge in [-0.1, -0.05) is 109 Å². The first-order valence-corrected chi connectivity index (χ1v) is 17.9. The molecule has 0 aromatic heterocycles. The summed E-state index contributed by atoms with van der Waals surface area (Å²) in [7, 11) is -5.89. The van der Waals surface area contributed by atoms with Crippen LogP contribution in [-0.2, 0) is 4.79 Å². The Morgan fingerprint density at radius 1 is 0.357 bits per heavy atom. The van der Waals surface area contributed by atoms with Crippen molar-refractivity contribution in [2.24, 2.45) is 0 Å². The summed E-state index contributed by atoms with van der Waals surface area (Å²) in [5.41, 5.74) is 0. The summed E-state index contributed by atoms with van der Waals surface area (Å²) in [5, 5.41) is 6.40. The quantitative estimate of drug-likeness (QED) is 0.0986. The van der Waals surface area contributed by atoms with Crippen molar-refractivity contribution in [1.82, 2.24) is 0 Å². The normalized spacial score (nSPS) is 12.0. The number of rotatable bonds is 9. The molecule has 42 heavy (non-hydrogen) atoms. The molecule has 6 aromatic carbocycles. The van der Waals surface area contributed by atoms with Crippen LogP contribution in [0.4, 0.5) is 0 Å². The number of carbonyl (C=O) groups is 1. The third-order valence-corrected chi connectivity index (χ3v) is 19.9. The van der Waals surface area contributed by atoms with E-state index in [4.69, 9.17) is 11.6 Å². The summed E-state index contributed by atoms with van der Waals surface area (Å²) >= 11 is 8.51. The van der Waals surface area contributed by atoms with Gasteiger partial charge in [0.2, 0.25) is 6.29 Å². The number of carbonyl (C=O) groups excluding carboxylic acids is 1. The molecule has 0 unspecified atom stereocenters. The minimum atomic E-state index is -2.95. The van der Waals surface area contributed by atoms with E-state index in [-0.39, 0.29) is 0 Å². The van der Waals surface area contributed by atoms with E-state index in [9.17, 15) is 4.79 Å². The third kappa shape index (κ3) is 4.36. The highest BCUT2D eigenvalue weighted by molar-refractivity contribution is 8.14. The molecule has 0 amide bonds. The predicted octanol–water partition coefficient (Wildman–Crippen LogP) is 7.07. The van der Waals surface area contributed by atoms with Crippen molar-refractivity contribution in [2.45, 2.75) is 4.36 Å². The van der Waals surface area contributed by atoms with Crippen molar-refractivity contribution < 1.29 is 4.79 Å². The minimum absolute atomic E-state index is 1.07. The van der Waals surface area contributed by atoms with Crippen LogP contribution < -0.4 is 31.8 Å². The lowest BCUT2D eigenvalue weighted by Gasteiger charge is -2.43. The van der Waals surface area contributed by atoms with Crippen LogP contribution in [0.3, 0.4) is 0 Å². The number of alkyl halides is 1. The maximum atomic E-state index is 14.5. The number of benzene rings is 6. The average Bonchev–Trinajstić information content (AvgIpc) is 3.08. The Bertz CT molecular complexity index is 1410. The largest absolute Gasteiger partial charge is 0.331 e. The Morgan fingerprint density at radius 3 is 0.667 bits per heavy atom. The Kier molecular flexibility index (Phi) is 8.19. The van der Waals surface area contributed by atoms with Crippen LogP contribution in [0.5, 0.6) is 0 Å². The van der Waals surface area contributed by atoms with Crippen LogP contribution in [0.1, 0.15) is 0 Å². The first-order chi connectivity index (χ1) is 20.7. The van der Waals surface area contributed by atoms with Gasteiger partial charge in [-0.05, 0) is 84.4 Å². The molecule has 0 heterocycles. The summed E-state index contributed by atoms with van der Waals surface area (Å²) in [6, 6.07) is 62.8. The molecule has 0 atom stereocenters. The predicted molar refractivity (Wildman–Crippen MR) is 185 cm³/mol. The van der Waals surface area contributed by atoms with Gasteiger partial charge in [-0.25, -0.2) is 0 Å². The van der Waals surface area contributed by atoms with Crippen molar-refractivity contribution in [3.63, 3.8) is 0 Å². The lowest BCUT2D eigenvalue weighted by Crippen LogP contribution is -2.53. The van der Waals surface area contributed by atoms with Gasteiger partial charge in [-0.15, -0.1) is 0 Å². The molecule has 1 nitrogen and oxygen atoms in total. The molecule has 0 aliphatic heterocycles. The molecule has 0 saturated heterocycles. The van der Waals surface area contributed by atoms with Crippen LogP contribution in [0.15, 0.2) is 182 Å². The van der Waals surface area contributed by atoms with Gasteiger partial charge < -0.3 is 0 Å². The maximum Gasteiger partial charge on any atom is 0.331 e. The summed E-state index contributed by atoms with van der Waals surface area (Å²) in [5.74, 6) is 0. The molecule has 0 saturated carbocycles. The zero-order valence-corrected chi connectivity index (χ0v) is 25.6. The highest BCUT2D eigenvalue weighted by Gasteiger charge is 2.79. The second-order valence-electron chi connectivity index (χ2n) is 10.1. The Morgan fingerprint density at radius 2 is 0.524 bits per heavy atom. The fourth-order valence-corrected chi connectivity index (χ4v) is 19.9. The summed E-state index contributed by atoms with van der Waals surface area (Å²) < 4.78 is -1.39. The highest BCUT2D eigenvalue weighted by Crippen LogP contribution is 2.84. The van der Waals surface area contributed by atoms with Gasteiger partial charge >= 0.3 is 4.36 Å². The molecule has 0 bridgehead atoms. The summed E-state index contributed by atoms with van der Waals surface area (Å²) in [6.45, 7) is 0. The monoisotopic (exact) mass is 600 g/mol. The SMILES string of the molecule is O=CC(Cl)([P+](c1ccccc1)(c1ccccc1)c1ccccc1)[P+](c1ccccc1)(c1ccccc1)c1ccccc1. The minimum Gasteiger partial charge on any atom is -0.293 e. The third-order valence-electron chi connectivity index (χ3n) is 7.95. The molecule has 6 aromatic rings. The summed E-state index contributed by atoms with van der Waals surface area (Å²) in [6.07, 6.45) is 1.09. The van der Waals surface area contributed by atoms with Crippen molar-refractivity contribution in [1.29, 1.82) is 0 Å². The van der Waals surface area contributed by atoms with Gasteiger partial charge in [0, 0.05) is 0 Å². The second kappa shape index (κ2) is 12.2. The zero-order chi connectivity index (χ0) is 28.9. The van der Waals surface area contributed by atoms with Crippen molar-refractivity contribution in [3.8, 4) is 0 Å². The van der Waals surface area contributed by atoms with E-state index in [1.54, 1.807) is 0 Å². The van der Waals surface area contributed by atoms with Crippen molar-refractivity contribution in [3.05, 3.63) is 182 Å². The Hall–Kier alpha value is -3.86. The van der Waals surface area contributed by atoms with Crippen molar-refractivity contribution >= 4 is 64.2 Å². The maximum absolute atomic E-state index is 14.5. The van der Waals surface area contributed by atoms with Gasteiger partial charge in [-0.2, -0.15) is 0 Å². The number of halogens is 1. The van der Waals surface area contributed by atoms with E-state index < -0.39 is 18.9 Å². The molecule has 204 valence electrons. The Balaban J connectivity index is 1.90. The molecular weight excluding hydrogens is 570 g/mol. The molecule has 0 radical (unpaired) electrons. The molecule has 6 rings (SSSR count). The van der Waals surface area contributed by atoms with Gasteiger partial charge in [0.1, 0.15) is 31.8 Å². The van der Waals surface area contributed by atoms with Crippen LogP contribution in [0.2, 0.25) is 0 Å². The number of hydrogen-bond donors (Lipinski definition) is 0. The van der Waals surface area contributed by atoms with Crippen LogP contribution in [0.25, 0.3) is 0 Å². The van der Waals surface area contributed by atoms with Crippen LogP contribution in [0, 0.1) is 0 Å². The van der Waals surface area contributed by atoms with Gasteiger partial charge in [-0.3, -0.25) is 4.79 Å². The molecule has 0 N–H and O–H groups in total. The highest BCUT2D eigenvalue weighted by atomic mass is 35.5. The molecule has 0 spiro atoms. The van der Waals surface area contributed by atoms with E-state index in [0.29, 0.717) is 0 Å². The van der Waals surface area contributed by atoms with E-state index in [1.807, 2.05) is 36.4 Å². The van der Waals surface area contributed by atoms with Gasteiger partial charge in [0.25, 0.3) is 0 Å². The smallest absolute Gasteiger partial charge is 0.293 e. The Labute approximate surface area is 254 Å². The van der Waals surface area contributed by atoms with Crippen LogP contribution in [-0.4, -0.2) is 10.6 Å². The molecule has 0 aliphatic rings. The fraction of sp³-hybridized carbons (Fsp3) is 0.0263. The van der Waals surface area contributed by atoms with E-state index in [1.165, 1.54) is 0 Å². The van der Waals surface area contributed by atoms with Gasteiger partial charge in [0.05, 0.1) is 0 Å². The number of aldehydes is 1. The lowest BCUT2D eigenvalue weighted by atomic mass is 10.3. The standard InChI is InChI=1S/C38H31ClOP2/c39-38(31-40,41(32-19-7-1-8-20-32,33-21-9-2-10-22-33)34-23-11-3-12-24-34)42(35-25-13-4-14-26-35,36-27-15-5-16-28-36)37-29-17-6-18-30-37/h1-31H/q+2. The number of hydrogen-bond acceptors (Lipinski definition) is 1. The molecular formula is C38H31ClOP2+2. The topological polar surface area (TPSA) is 17.1 Å². The molecule has 0 aliphatic carbocycles. The van der Waals surface area contributed by atoms with E-state index in [2.05, 4.69) is 146 Å². The van der Waals surface area contributed by atoms with Gasteiger partial charge in [0.15, 0.2) is 14.5 Å². The summed E-state index contributed by atoms with van der Waals surface area (Å²) in [4.78, 5) is 14.5. The van der Waals surface area contributed by atoms with Crippen molar-refractivity contribution in [2.75, 3.05) is 0 Å². The second-order valence-corrected chi connectivity index (χ2v) is 18.8. The average molecular weight is 601 g/mol. The fourth-order valence-electron chi connectivity index (χ4n) is 6.27. The molecule has 0 fully saturated rings. The first-order valence-electron chi connectivity index (χ1n) is 14.0. The first kappa shape index (κ1) is 28.3. The van der Waals surface area contributed by atoms with Crippen LogP contribution >= 0.6 is 26.1 Å². The lowest BCUT2D eigenvalue weighted by molar-refractivity contribution is -0.107. The van der Waals surface area contributed by atoms with E-state index >= 15 is 0 Å². The molecule has 4 heteroatoms.